The van der Waals surface area contributed by atoms with E-state index in [-0.39, 0.29) is 0 Å². The molecule has 0 spiro atoms. The van der Waals surface area contributed by atoms with Crippen molar-refractivity contribution >= 4 is 0 Å². The molecular formula is C14H21NO3. The smallest absolute Gasteiger partial charge is 0.119 e. The van der Waals surface area contributed by atoms with E-state index in [1.807, 2.05) is 30.3 Å². The van der Waals surface area contributed by atoms with Crippen LogP contribution < -0.4 is 10.1 Å². The second-order valence-corrected chi connectivity index (χ2v) is 4.71. The molecule has 1 aliphatic carbocycles. The summed E-state index contributed by atoms with van der Waals surface area (Å²) < 4.78 is 10.7. The summed E-state index contributed by atoms with van der Waals surface area (Å²) in [7, 11) is 1.74. The van der Waals surface area contributed by atoms with Crippen molar-refractivity contribution in [1.82, 2.24) is 5.32 Å². The molecule has 2 rings (SSSR count). The molecular weight excluding hydrogens is 230 g/mol. The summed E-state index contributed by atoms with van der Waals surface area (Å²) in [6, 6.07) is 10.0. The van der Waals surface area contributed by atoms with Gasteiger partial charge >= 0.3 is 0 Å². The first-order valence-corrected chi connectivity index (χ1v) is 6.40. The Balaban J connectivity index is 1.57. The summed E-state index contributed by atoms with van der Waals surface area (Å²) in [4.78, 5) is 0. The van der Waals surface area contributed by atoms with Crippen LogP contribution in [0, 0.1) is 0 Å². The van der Waals surface area contributed by atoms with E-state index in [1.165, 1.54) is 0 Å². The Morgan fingerprint density at radius 1 is 1.33 bits per heavy atom. The molecule has 0 amide bonds. The zero-order chi connectivity index (χ0) is 12.8. The number of ether oxygens (including phenoxy) is 2. The summed E-state index contributed by atoms with van der Waals surface area (Å²) in [6.45, 7) is 0.880. The molecule has 1 aliphatic rings. The van der Waals surface area contributed by atoms with Crippen LogP contribution in [-0.2, 0) is 4.74 Å². The minimum Gasteiger partial charge on any atom is -0.491 e. The molecule has 0 bridgehead atoms. The van der Waals surface area contributed by atoms with Crippen LogP contribution in [0.4, 0.5) is 0 Å². The van der Waals surface area contributed by atoms with Crippen LogP contribution in [0.5, 0.6) is 5.75 Å². The number of aliphatic hydroxyl groups is 1. The van der Waals surface area contributed by atoms with Crippen molar-refractivity contribution in [2.45, 2.75) is 31.1 Å². The Hall–Kier alpha value is -1.10. The Labute approximate surface area is 108 Å². The molecule has 4 heteroatoms. The minimum atomic E-state index is -0.480. The maximum absolute atomic E-state index is 9.78. The van der Waals surface area contributed by atoms with Gasteiger partial charge < -0.3 is 19.9 Å². The van der Waals surface area contributed by atoms with Gasteiger partial charge in [-0.05, 0) is 25.0 Å². The van der Waals surface area contributed by atoms with E-state index in [0.717, 1.165) is 18.6 Å². The largest absolute Gasteiger partial charge is 0.491 e. The molecule has 1 atom stereocenters. The second-order valence-electron chi connectivity index (χ2n) is 4.71. The third-order valence-electron chi connectivity index (χ3n) is 3.26. The van der Waals surface area contributed by atoms with Crippen molar-refractivity contribution in [3.05, 3.63) is 30.3 Å². The number of para-hydroxylation sites is 1. The number of aliphatic hydroxyl groups excluding tert-OH is 1. The molecule has 4 nitrogen and oxygen atoms in total. The highest BCUT2D eigenvalue weighted by Gasteiger charge is 2.28. The zero-order valence-electron chi connectivity index (χ0n) is 10.7. The van der Waals surface area contributed by atoms with Gasteiger partial charge in [-0.15, -0.1) is 0 Å². The fourth-order valence-electron chi connectivity index (χ4n) is 2.00. The molecule has 1 unspecified atom stereocenters. The predicted octanol–water partition coefficient (Wildman–Crippen LogP) is 1.19. The van der Waals surface area contributed by atoms with Crippen molar-refractivity contribution in [2.75, 3.05) is 20.3 Å². The Morgan fingerprint density at radius 3 is 2.72 bits per heavy atom. The van der Waals surface area contributed by atoms with Gasteiger partial charge in [-0.25, -0.2) is 0 Å². The lowest BCUT2D eigenvalue weighted by Gasteiger charge is -2.35. The fourth-order valence-corrected chi connectivity index (χ4v) is 2.00. The van der Waals surface area contributed by atoms with Gasteiger partial charge in [0.05, 0.1) is 6.10 Å². The lowest BCUT2D eigenvalue weighted by molar-refractivity contribution is 0.0117. The van der Waals surface area contributed by atoms with Crippen LogP contribution in [0.3, 0.4) is 0 Å². The standard InChI is InChI=1S/C14H21NO3/c1-17-14-7-11(8-14)15-9-12(16)10-18-13-5-3-2-4-6-13/h2-6,11-12,14-16H,7-10H2,1H3. The van der Waals surface area contributed by atoms with Crippen LogP contribution in [-0.4, -0.2) is 43.6 Å². The molecule has 100 valence electrons. The van der Waals surface area contributed by atoms with Crippen LogP contribution in [0.25, 0.3) is 0 Å². The summed E-state index contributed by atoms with van der Waals surface area (Å²) in [5, 5.41) is 13.1. The lowest BCUT2D eigenvalue weighted by Crippen LogP contribution is -2.48. The van der Waals surface area contributed by atoms with E-state index < -0.39 is 6.10 Å². The normalized spacial score (nSPS) is 24.3. The molecule has 0 aromatic heterocycles. The van der Waals surface area contributed by atoms with E-state index in [0.29, 0.717) is 25.3 Å². The summed E-state index contributed by atoms with van der Waals surface area (Å²) in [5.74, 6) is 0.791. The Morgan fingerprint density at radius 2 is 2.06 bits per heavy atom. The number of nitrogens with one attached hydrogen (secondary N) is 1. The average Bonchev–Trinajstić information content (AvgIpc) is 2.36. The molecule has 18 heavy (non-hydrogen) atoms. The first kappa shape index (κ1) is 13.3. The van der Waals surface area contributed by atoms with Crippen molar-refractivity contribution in [3.8, 4) is 5.75 Å². The Kier molecular flexibility index (Phi) is 4.99. The van der Waals surface area contributed by atoms with E-state index in [2.05, 4.69) is 5.32 Å². The topological polar surface area (TPSA) is 50.7 Å². The van der Waals surface area contributed by atoms with Gasteiger partial charge in [-0.2, -0.15) is 0 Å². The minimum absolute atomic E-state index is 0.317. The van der Waals surface area contributed by atoms with Gasteiger partial charge in [-0.3, -0.25) is 0 Å². The average molecular weight is 251 g/mol. The van der Waals surface area contributed by atoms with Gasteiger partial charge in [-0.1, -0.05) is 18.2 Å². The number of benzene rings is 1. The van der Waals surface area contributed by atoms with Crippen molar-refractivity contribution in [3.63, 3.8) is 0 Å². The molecule has 2 N–H and O–H groups in total. The van der Waals surface area contributed by atoms with Gasteiger partial charge in [0.2, 0.25) is 0 Å². The van der Waals surface area contributed by atoms with Gasteiger partial charge in [0.25, 0.3) is 0 Å². The van der Waals surface area contributed by atoms with Crippen LogP contribution in [0.1, 0.15) is 12.8 Å². The Bertz CT molecular complexity index is 338. The van der Waals surface area contributed by atoms with Crippen LogP contribution in [0.15, 0.2) is 30.3 Å². The number of rotatable bonds is 7. The molecule has 1 aromatic rings. The maximum Gasteiger partial charge on any atom is 0.119 e. The number of hydrogen-bond donors (Lipinski definition) is 2. The van der Waals surface area contributed by atoms with Gasteiger partial charge in [0, 0.05) is 19.7 Å². The third-order valence-corrected chi connectivity index (χ3v) is 3.26. The second kappa shape index (κ2) is 6.73. The molecule has 0 aliphatic heterocycles. The molecule has 1 fully saturated rings. The van der Waals surface area contributed by atoms with Crippen molar-refractivity contribution < 1.29 is 14.6 Å². The third kappa shape index (κ3) is 3.98. The van der Waals surface area contributed by atoms with E-state index in [9.17, 15) is 5.11 Å². The first-order valence-electron chi connectivity index (χ1n) is 6.40. The molecule has 0 radical (unpaired) electrons. The van der Waals surface area contributed by atoms with Crippen molar-refractivity contribution in [1.29, 1.82) is 0 Å². The number of hydrogen-bond acceptors (Lipinski definition) is 4. The van der Waals surface area contributed by atoms with E-state index >= 15 is 0 Å². The summed E-state index contributed by atoms with van der Waals surface area (Å²) in [6.07, 6.45) is 1.97. The molecule has 1 saturated carbocycles. The number of methoxy groups -OCH3 is 1. The van der Waals surface area contributed by atoms with E-state index in [4.69, 9.17) is 9.47 Å². The fraction of sp³-hybridized carbons (Fsp3) is 0.571. The zero-order valence-corrected chi connectivity index (χ0v) is 10.7. The molecule has 1 aromatic carbocycles. The first-order chi connectivity index (χ1) is 8.78. The highest BCUT2D eigenvalue weighted by Crippen LogP contribution is 2.22. The highest BCUT2D eigenvalue weighted by atomic mass is 16.5. The predicted molar refractivity (Wildman–Crippen MR) is 69.8 cm³/mol. The van der Waals surface area contributed by atoms with Gasteiger partial charge in [0.15, 0.2) is 0 Å². The van der Waals surface area contributed by atoms with Crippen molar-refractivity contribution in [2.24, 2.45) is 0 Å². The van der Waals surface area contributed by atoms with Crippen LogP contribution >= 0.6 is 0 Å². The summed E-state index contributed by atoms with van der Waals surface area (Å²) in [5.41, 5.74) is 0. The molecule has 0 saturated heterocycles. The maximum atomic E-state index is 9.78. The van der Waals surface area contributed by atoms with Gasteiger partial charge in [0.1, 0.15) is 18.5 Å². The lowest BCUT2D eigenvalue weighted by atomic mass is 9.89. The highest BCUT2D eigenvalue weighted by molar-refractivity contribution is 5.20. The summed E-state index contributed by atoms with van der Waals surface area (Å²) >= 11 is 0. The van der Waals surface area contributed by atoms with E-state index in [1.54, 1.807) is 7.11 Å². The van der Waals surface area contributed by atoms with Crippen LogP contribution in [0.2, 0.25) is 0 Å². The monoisotopic (exact) mass is 251 g/mol. The SMILES string of the molecule is COC1CC(NCC(O)COc2ccccc2)C1. The molecule has 0 heterocycles. The quantitative estimate of drug-likeness (QED) is 0.764.